The van der Waals surface area contributed by atoms with Crippen LogP contribution in [0.15, 0.2) is 42.5 Å². The summed E-state index contributed by atoms with van der Waals surface area (Å²) < 4.78 is 25.1. The fraction of sp³-hybridized carbons (Fsp3) is 0.417. The predicted octanol–water partition coefficient (Wildman–Crippen LogP) is 3.29. The van der Waals surface area contributed by atoms with Gasteiger partial charge in [-0.2, -0.15) is 0 Å². The van der Waals surface area contributed by atoms with Gasteiger partial charge >= 0.3 is 0 Å². The molecule has 6 nitrogen and oxygen atoms in total. The summed E-state index contributed by atoms with van der Waals surface area (Å²) in [5.74, 6) is 0.105. The molecule has 0 aromatic heterocycles. The van der Waals surface area contributed by atoms with Crippen LogP contribution < -0.4 is 4.74 Å². The van der Waals surface area contributed by atoms with E-state index in [1.165, 1.54) is 6.07 Å². The Balaban J connectivity index is 1.35. The van der Waals surface area contributed by atoms with Crippen molar-refractivity contribution in [3.05, 3.63) is 65.0 Å². The number of aryl methyl sites for hydroxylation is 1. The van der Waals surface area contributed by atoms with Crippen LogP contribution in [0.2, 0.25) is 0 Å². The number of morpholine rings is 1. The maximum Gasteiger partial charge on any atom is 0.254 e. The number of carbonyl (C=O) groups excluding carboxylic acids is 2. The lowest BCUT2D eigenvalue weighted by atomic mass is 10.1. The van der Waals surface area contributed by atoms with Crippen LogP contribution in [-0.2, 0) is 4.74 Å². The van der Waals surface area contributed by atoms with E-state index in [9.17, 15) is 14.0 Å². The second-order valence-corrected chi connectivity index (χ2v) is 8.00. The van der Waals surface area contributed by atoms with Crippen molar-refractivity contribution in [1.82, 2.24) is 9.80 Å². The van der Waals surface area contributed by atoms with Gasteiger partial charge in [-0.15, -0.1) is 0 Å². The van der Waals surface area contributed by atoms with Crippen molar-refractivity contribution in [2.45, 2.75) is 25.8 Å². The monoisotopic (exact) mass is 426 g/mol. The summed E-state index contributed by atoms with van der Waals surface area (Å²) in [6, 6.07) is 11.6. The molecule has 164 valence electrons. The molecule has 2 aliphatic rings. The predicted molar refractivity (Wildman–Crippen MR) is 114 cm³/mol. The second-order valence-electron chi connectivity index (χ2n) is 8.00. The van der Waals surface area contributed by atoms with Crippen LogP contribution in [0.1, 0.15) is 39.1 Å². The summed E-state index contributed by atoms with van der Waals surface area (Å²) in [6.45, 7) is 5.01. The molecule has 0 spiro atoms. The fourth-order valence-electron chi connectivity index (χ4n) is 4.00. The van der Waals surface area contributed by atoms with E-state index in [0.717, 1.165) is 12.8 Å². The van der Waals surface area contributed by atoms with Gasteiger partial charge in [0, 0.05) is 30.8 Å². The van der Waals surface area contributed by atoms with Crippen LogP contribution in [0.3, 0.4) is 0 Å². The van der Waals surface area contributed by atoms with Gasteiger partial charge in [0.25, 0.3) is 11.8 Å². The van der Waals surface area contributed by atoms with E-state index < -0.39 is 0 Å². The minimum Gasteiger partial charge on any atom is -0.491 e. The number of likely N-dealkylation sites (tertiary alicyclic amines) is 1. The third kappa shape index (κ3) is 4.88. The summed E-state index contributed by atoms with van der Waals surface area (Å²) in [6.07, 6.45) is 1.73. The highest BCUT2D eigenvalue weighted by atomic mass is 19.1. The Morgan fingerprint density at radius 3 is 2.45 bits per heavy atom. The molecule has 0 bridgehead atoms. The van der Waals surface area contributed by atoms with Gasteiger partial charge in [-0.3, -0.25) is 9.59 Å². The number of hydrogen-bond acceptors (Lipinski definition) is 4. The van der Waals surface area contributed by atoms with E-state index in [-0.39, 0.29) is 23.7 Å². The number of carbonyl (C=O) groups is 2. The highest BCUT2D eigenvalue weighted by molar-refractivity contribution is 5.95. The van der Waals surface area contributed by atoms with Gasteiger partial charge in [-0.05, 0) is 61.7 Å². The smallest absolute Gasteiger partial charge is 0.254 e. The Hall–Kier alpha value is -2.93. The van der Waals surface area contributed by atoms with Crippen LogP contribution in [0, 0.1) is 12.7 Å². The summed E-state index contributed by atoms with van der Waals surface area (Å²) >= 11 is 0. The maximum atomic E-state index is 13.9. The van der Waals surface area contributed by atoms with Gasteiger partial charge in [0.05, 0.1) is 19.3 Å². The number of hydrogen-bond donors (Lipinski definition) is 0. The molecule has 7 heteroatoms. The molecule has 2 aromatic rings. The normalized spacial score (nSPS) is 18.8. The van der Waals surface area contributed by atoms with Crippen LogP contribution in [0.25, 0.3) is 0 Å². The van der Waals surface area contributed by atoms with Crippen molar-refractivity contribution in [2.75, 3.05) is 39.5 Å². The van der Waals surface area contributed by atoms with E-state index in [0.29, 0.717) is 61.9 Å². The second kappa shape index (κ2) is 9.47. The number of rotatable bonds is 5. The minimum atomic E-state index is -0.371. The van der Waals surface area contributed by atoms with Crippen LogP contribution in [0.5, 0.6) is 5.75 Å². The fourth-order valence-corrected chi connectivity index (χ4v) is 4.00. The first-order valence-electron chi connectivity index (χ1n) is 10.7. The lowest BCUT2D eigenvalue weighted by molar-refractivity contribution is 0.0303. The molecule has 1 atom stereocenters. The maximum absolute atomic E-state index is 13.9. The zero-order chi connectivity index (χ0) is 21.8. The van der Waals surface area contributed by atoms with Gasteiger partial charge in [-0.1, -0.05) is 6.07 Å². The largest absolute Gasteiger partial charge is 0.491 e. The van der Waals surface area contributed by atoms with Crippen molar-refractivity contribution < 1.29 is 23.5 Å². The van der Waals surface area contributed by atoms with Crippen LogP contribution in [-0.4, -0.2) is 67.1 Å². The first-order chi connectivity index (χ1) is 15.0. The van der Waals surface area contributed by atoms with E-state index in [1.54, 1.807) is 53.1 Å². The molecule has 0 saturated carbocycles. The molecular weight excluding hydrogens is 399 g/mol. The number of halogens is 1. The number of nitrogens with zero attached hydrogens (tertiary/aromatic N) is 2. The third-order valence-corrected chi connectivity index (χ3v) is 5.90. The molecule has 2 saturated heterocycles. The number of benzene rings is 2. The Labute approximate surface area is 181 Å². The van der Waals surface area contributed by atoms with Crippen molar-refractivity contribution in [3.8, 4) is 5.75 Å². The van der Waals surface area contributed by atoms with E-state index in [4.69, 9.17) is 9.47 Å². The first-order valence-corrected chi connectivity index (χ1v) is 10.7. The van der Waals surface area contributed by atoms with Crippen molar-refractivity contribution >= 4 is 11.8 Å². The van der Waals surface area contributed by atoms with Crippen LogP contribution in [0.4, 0.5) is 4.39 Å². The summed E-state index contributed by atoms with van der Waals surface area (Å²) in [5, 5.41) is 0. The molecule has 2 aromatic carbocycles. The third-order valence-electron chi connectivity index (χ3n) is 5.90. The minimum absolute atomic E-state index is 0.00672. The molecule has 2 amide bonds. The lowest BCUT2D eigenvalue weighted by Crippen LogP contribution is -2.40. The zero-order valence-electron chi connectivity index (χ0n) is 17.7. The molecule has 2 heterocycles. The molecular formula is C24H27FN2O4. The summed E-state index contributed by atoms with van der Waals surface area (Å²) in [7, 11) is 0. The highest BCUT2D eigenvalue weighted by Crippen LogP contribution is 2.23. The van der Waals surface area contributed by atoms with E-state index in [1.807, 2.05) is 0 Å². The highest BCUT2D eigenvalue weighted by Gasteiger charge is 2.30. The zero-order valence-corrected chi connectivity index (χ0v) is 17.7. The summed E-state index contributed by atoms with van der Waals surface area (Å²) in [5.41, 5.74) is 1.50. The average molecular weight is 426 g/mol. The Morgan fingerprint density at radius 2 is 1.74 bits per heavy atom. The van der Waals surface area contributed by atoms with Crippen molar-refractivity contribution in [2.24, 2.45) is 0 Å². The number of ether oxygens (including phenoxy) is 2. The van der Waals surface area contributed by atoms with Crippen molar-refractivity contribution in [3.63, 3.8) is 0 Å². The van der Waals surface area contributed by atoms with Crippen LogP contribution >= 0.6 is 0 Å². The molecule has 4 rings (SSSR count). The molecule has 31 heavy (non-hydrogen) atoms. The molecule has 2 aliphatic heterocycles. The molecule has 2 fully saturated rings. The molecule has 0 N–H and O–H groups in total. The number of amides is 2. The SMILES string of the molecule is Cc1ccc(C(=O)N2CCC[C@@H]2COc2ccc(C(=O)N3CCOCC3)cc2)cc1F. The standard InChI is InChI=1S/C24H27FN2O4/c1-17-4-5-19(15-22(17)25)24(29)27-10-2-3-20(27)16-31-21-8-6-18(7-9-21)23(28)26-11-13-30-14-12-26/h4-9,15,20H,2-3,10-14,16H2,1H3/t20-/m1/s1. The Bertz CT molecular complexity index is 941. The van der Waals surface area contributed by atoms with Crippen molar-refractivity contribution in [1.29, 1.82) is 0 Å². The van der Waals surface area contributed by atoms with E-state index in [2.05, 4.69) is 0 Å². The Morgan fingerprint density at radius 1 is 1.03 bits per heavy atom. The van der Waals surface area contributed by atoms with Gasteiger partial charge in [0.2, 0.25) is 0 Å². The molecule has 0 aliphatic carbocycles. The molecule has 0 unspecified atom stereocenters. The van der Waals surface area contributed by atoms with Gasteiger partial charge in [0.15, 0.2) is 0 Å². The summed E-state index contributed by atoms with van der Waals surface area (Å²) in [4.78, 5) is 28.9. The topological polar surface area (TPSA) is 59.1 Å². The average Bonchev–Trinajstić information content (AvgIpc) is 3.28. The lowest BCUT2D eigenvalue weighted by Gasteiger charge is -2.27. The van der Waals surface area contributed by atoms with Gasteiger partial charge < -0.3 is 19.3 Å². The first kappa shape index (κ1) is 21.3. The Kier molecular flexibility index (Phi) is 6.51. The van der Waals surface area contributed by atoms with Gasteiger partial charge in [0.1, 0.15) is 18.2 Å². The molecule has 0 radical (unpaired) electrons. The van der Waals surface area contributed by atoms with E-state index >= 15 is 0 Å². The van der Waals surface area contributed by atoms with Gasteiger partial charge in [-0.25, -0.2) is 4.39 Å². The quantitative estimate of drug-likeness (QED) is 0.736.